The number of hydrogen-bond donors (Lipinski definition) is 1. The van der Waals surface area contributed by atoms with Crippen LogP contribution in [0.3, 0.4) is 0 Å². The van der Waals surface area contributed by atoms with Crippen LogP contribution >= 0.6 is 23.2 Å². The molecule has 0 saturated heterocycles. The van der Waals surface area contributed by atoms with E-state index in [1.807, 2.05) is 7.05 Å². The quantitative estimate of drug-likeness (QED) is 0.775. The molecule has 2 nitrogen and oxygen atoms in total. The minimum absolute atomic E-state index is 0.508. The highest BCUT2D eigenvalue weighted by Gasteiger charge is 2.09. The van der Waals surface area contributed by atoms with Gasteiger partial charge in [0.1, 0.15) is 0 Å². The van der Waals surface area contributed by atoms with Gasteiger partial charge >= 0.3 is 0 Å². The molecule has 18 heavy (non-hydrogen) atoms. The summed E-state index contributed by atoms with van der Waals surface area (Å²) in [4.78, 5) is 0.644. The number of halogens is 2. The van der Waals surface area contributed by atoms with Crippen molar-refractivity contribution in [2.45, 2.75) is 37.1 Å². The van der Waals surface area contributed by atoms with Gasteiger partial charge in [0, 0.05) is 16.8 Å². The van der Waals surface area contributed by atoms with Crippen LogP contribution in [0.25, 0.3) is 0 Å². The fourth-order valence-electron chi connectivity index (χ4n) is 1.59. The Morgan fingerprint density at radius 3 is 2.72 bits per heavy atom. The molecule has 0 fully saturated rings. The van der Waals surface area contributed by atoms with Gasteiger partial charge in [0.2, 0.25) is 0 Å². The summed E-state index contributed by atoms with van der Waals surface area (Å²) in [6.07, 6.45) is 3.09. The Balaban J connectivity index is 2.43. The molecule has 1 N–H and O–H groups in total. The molecule has 2 atom stereocenters. The van der Waals surface area contributed by atoms with Crippen molar-refractivity contribution in [2.24, 2.45) is 0 Å². The van der Waals surface area contributed by atoms with Crippen LogP contribution in [-0.2, 0) is 10.8 Å². The molecule has 0 aliphatic carbocycles. The second-order valence-electron chi connectivity index (χ2n) is 4.31. The van der Waals surface area contributed by atoms with E-state index in [2.05, 4.69) is 12.2 Å². The van der Waals surface area contributed by atoms with Crippen LogP contribution in [0.15, 0.2) is 23.1 Å². The first-order valence-electron chi connectivity index (χ1n) is 6.05. The highest BCUT2D eigenvalue weighted by Crippen LogP contribution is 2.24. The number of hydrogen-bond acceptors (Lipinski definition) is 2. The molecule has 2 unspecified atom stereocenters. The molecule has 0 aromatic heterocycles. The van der Waals surface area contributed by atoms with Gasteiger partial charge < -0.3 is 5.32 Å². The highest BCUT2D eigenvalue weighted by atomic mass is 35.5. The molecule has 0 amide bonds. The van der Waals surface area contributed by atoms with E-state index in [1.54, 1.807) is 18.2 Å². The number of rotatable bonds is 7. The molecule has 1 aromatic rings. The van der Waals surface area contributed by atoms with E-state index in [4.69, 9.17) is 23.2 Å². The van der Waals surface area contributed by atoms with Crippen molar-refractivity contribution in [3.05, 3.63) is 28.2 Å². The fraction of sp³-hybridized carbons (Fsp3) is 0.538. The van der Waals surface area contributed by atoms with Gasteiger partial charge in [0.15, 0.2) is 0 Å². The maximum atomic E-state index is 12.1. The van der Waals surface area contributed by atoms with Crippen LogP contribution in [0.4, 0.5) is 0 Å². The van der Waals surface area contributed by atoms with Gasteiger partial charge in [-0.15, -0.1) is 0 Å². The molecule has 0 saturated carbocycles. The van der Waals surface area contributed by atoms with Crippen molar-refractivity contribution in [1.29, 1.82) is 0 Å². The van der Waals surface area contributed by atoms with E-state index in [0.717, 1.165) is 19.3 Å². The predicted octanol–water partition coefficient (Wildman–Crippen LogP) is 3.88. The van der Waals surface area contributed by atoms with E-state index < -0.39 is 10.8 Å². The van der Waals surface area contributed by atoms with Gasteiger partial charge in [0.25, 0.3) is 0 Å². The minimum atomic E-state index is -1.06. The number of unbranched alkanes of at least 4 members (excludes halogenated alkanes) is 1. The standard InChI is InChI=1S/C13H19Cl2NOS/c1-10(16-2)5-3-4-8-18(17)13-9-11(14)6-7-12(13)15/h6-7,9-10,16H,3-5,8H2,1-2H3. The normalized spacial score (nSPS) is 14.4. The van der Waals surface area contributed by atoms with Crippen molar-refractivity contribution < 1.29 is 4.21 Å². The van der Waals surface area contributed by atoms with Gasteiger partial charge in [0.05, 0.1) is 20.7 Å². The Morgan fingerprint density at radius 1 is 1.33 bits per heavy atom. The summed E-state index contributed by atoms with van der Waals surface area (Å²) < 4.78 is 12.1. The fourth-order valence-corrected chi connectivity index (χ4v) is 3.43. The first kappa shape index (κ1) is 16.0. The minimum Gasteiger partial charge on any atom is -0.317 e. The largest absolute Gasteiger partial charge is 0.317 e. The molecular weight excluding hydrogens is 289 g/mol. The molecule has 0 spiro atoms. The number of nitrogens with one attached hydrogen (secondary N) is 1. The smallest absolute Gasteiger partial charge is 0.0589 e. The Morgan fingerprint density at radius 2 is 2.06 bits per heavy atom. The molecule has 1 rings (SSSR count). The average molecular weight is 308 g/mol. The lowest BCUT2D eigenvalue weighted by Crippen LogP contribution is -2.20. The van der Waals surface area contributed by atoms with Crippen molar-refractivity contribution in [2.75, 3.05) is 12.8 Å². The van der Waals surface area contributed by atoms with Crippen LogP contribution in [0, 0.1) is 0 Å². The molecule has 0 heterocycles. The zero-order chi connectivity index (χ0) is 13.5. The zero-order valence-corrected chi connectivity index (χ0v) is 13.0. The summed E-state index contributed by atoms with van der Waals surface area (Å²) >= 11 is 11.9. The Hall–Kier alpha value is -0.0900. The van der Waals surface area contributed by atoms with Gasteiger partial charge in [-0.1, -0.05) is 29.6 Å². The Labute approximate surface area is 122 Å². The van der Waals surface area contributed by atoms with Crippen LogP contribution < -0.4 is 5.32 Å². The maximum absolute atomic E-state index is 12.1. The summed E-state index contributed by atoms with van der Waals surface area (Å²) in [5, 5.41) is 4.29. The summed E-state index contributed by atoms with van der Waals surface area (Å²) in [6.45, 7) is 2.14. The van der Waals surface area contributed by atoms with Gasteiger partial charge in [-0.25, -0.2) is 0 Å². The van der Waals surface area contributed by atoms with Gasteiger partial charge in [-0.05, 0) is 45.0 Å². The Bertz CT molecular complexity index is 412. The molecule has 102 valence electrons. The Kier molecular flexibility index (Phi) is 7.23. The van der Waals surface area contributed by atoms with E-state index in [-0.39, 0.29) is 0 Å². The van der Waals surface area contributed by atoms with Crippen molar-refractivity contribution in [1.82, 2.24) is 5.32 Å². The van der Waals surface area contributed by atoms with Gasteiger partial charge in [-0.2, -0.15) is 0 Å². The third-order valence-electron chi connectivity index (χ3n) is 2.85. The van der Waals surface area contributed by atoms with E-state index in [1.165, 1.54) is 0 Å². The summed E-state index contributed by atoms with van der Waals surface area (Å²) in [6, 6.07) is 5.60. The predicted molar refractivity (Wildman–Crippen MR) is 80.1 cm³/mol. The lowest BCUT2D eigenvalue weighted by atomic mass is 10.1. The molecule has 0 bridgehead atoms. The monoisotopic (exact) mass is 307 g/mol. The summed E-state index contributed by atoms with van der Waals surface area (Å²) in [5.41, 5.74) is 0. The van der Waals surface area contributed by atoms with E-state index in [9.17, 15) is 4.21 Å². The summed E-state index contributed by atoms with van der Waals surface area (Å²) in [5.74, 6) is 0.635. The van der Waals surface area contributed by atoms with Crippen LogP contribution in [0.5, 0.6) is 0 Å². The average Bonchev–Trinajstić information content (AvgIpc) is 2.36. The second kappa shape index (κ2) is 8.16. The molecule has 0 radical (unpaired) electrons. The molecular formula is C13H19Cl2NOS. The van der Waals surface area contributed by atoms with Crippen molar-refractivity contribution >= 4 is 34.0 Å². The van der Waals surface area contributed by atoms with Crippen molar-refractivity contribution in [3.63, 3.8) is 0 Å². The van der Waals surface area contributed by atoms with Crippen molar-refractivity contribution in [3.8, 4) is 0 Å². The van der Waals surface area contributed by atoms with E-state index in [0.29, 0.717) is 26.7 Å². The molecule has 1 aromatic carbocycles. The molecule has 5 heteroatoms. The summed E-state index contributed by atoms with van der Waals surface area (Å²) in [7, 11) is 0.894. The lowest BCUT2D eigenvalue weighted by molar-refractivity contribution is 0.537. The molecule has 0 aliphatic heterocycles. The lowest BCUT2D eigenvalue weighted by Gasteiger charge is -2.09. The number of benzene rings is 1. The van der Waals surface area contributed by atoms with Crippen LogP contribution in [-0.4, -0.2) is 23.1 Å². The second-order valence-corrected chi connectivity index (χ2v) is 6.69. The maximum Gasteiger partial charge on any atom is 0.0589 e. The SMILES string of the molecule is CNC(C)CCCCS(=O)c1cc(Cl)ccc1Cl. The third-order valence-corrected chi connectivity index (χ3v) is 5.01. The van der Waals surface area contributed by atoms with E-state index >= 15 is 0 Å². The molecule has 0 aliphatic rings. The van der Waals surface area contributed by atoms with Crippen LogP contribution in [0.1, 0.15) is 26.2 Å². The topological polar surface area (TPSA) is 29.1 Å². The van der Waals surface area contributed by atoms with Gasteiger partial charge in [-0.3, -0.25) is 4.21 Å². The third kappa shape index (κ3) is 5.27. The first-order chi connectivity index (χ1) is 8.54. The first-order valence-corrected chi connectivity index (χ1v) is 8.12. The zero-order valence-electron chi connectivity index (χ0n) is 10.7. The van der Waals surface area contributed by atoms with Crippen LogP contribution in [0.2, 0.25) is 10.0 Å². The highest BCUT2D eigenvalue weighted by molar-refractivity contribution is 7.85.